The molecule has 17 heavy (non-hydrogen) atoms. The molecule has 0 unspecified atom stereocenters. The van der Waals surface area contributed by atoms with Crippen molar-refractivity contribution in [3.8, 4) is 0 Å². The Bertz CT molecular complexity index is 392. The van der Waals surface area contributed by atoms with Crippen molar-refractivity contribution < 1.29 is 4.21 Å². The second-order valence-corrected chi connectivity index (χ2v) is 5.66. The normalized spacial score (nSPS) is 17.2. The van der Waals surface area contributed by atoms with Gasteiger partial charge in [0, 0.05) is 54.9 Å². The van der Waals surface area contributed by atoms with Crippen molar-refractivity contribution in [2.45, 2.75) is 13.3 Å². The molecule has 0 saturated carbocycles. The van der Waals surface area contributed by atoms with Crippen LogP contribution in [0.15, 0.2) is 6.07 Å². The Morgan fingerprint density at radius 2 is 2.12 bits per heavy atom. The van der Waals surface area contributed by atoms with Crippen molar-refractivity contribution >= 4 is 22.4 Å². The van der Waals surface area contributed by atoms with Gasteiger partial charge in [-0.05, 0) is 0 Å². The SMILES string of the molecule is CCc1nc(NC)cc(N2CCS(=O)CC2)n1. The van der Waals surface area contributed by atoms with Crippen LogP contribution < -0.4 is 10.2 Å². The van der Waals surface area contributed by atoms with E-state index in [9.17, 15) is 4.21 Å². The van der Waals surface area contributed by atoms with Gasteiger partial charge in [0.15, 0.2) is 0 Å². The van der Waals surface area contributed by atoms with E-state index < -0.39 is 10.8 Å². The van der Waals surface area contributed by atoms with Crippen LogP contribution >= 0.6 is 0 Å². The topological polar surface area (TPSA) is 58.1 Å². The highest BCUT2D eigenvalue weighted by atomic mass is 32.2. The third-order valence-electron chi connectivity index (χ3n) is 2.83. The van der Waals surface area contributed by atoms with Crippen LogP contribution in [0.25, 0.3) is 0 Å². The highest BCUT2D eigenvalue weighted by molar-refractivity contribution is 7.85. The van der Waals surface area contributed by atoms with E-state index in [4.69, 9.17) is 0 Å². The smallest absolute Gasteiger partial charge is 0.134 e. The zero-order valence-corrected chi connectivity index (χ0v) is 11.1. The molecule has 5 nitrogen and oxygen atoms in total. The summed E-state index contributed by atoms with van der Waals surface area (Å²) in [5.74, 6) is 4.11. The third-order valence-corrected chi connectivity index (χ3v) is 4.11. The summed E-state index contributed by atoms with van der Waals surface area (Å²) in [6.07, 6.45) is 0.822. The van der Waals surface area contributed by atoms with Crippen LogP contribution in [-0.4, -0.2) is 45.8 Å². The number of aromatic nitrogens is 2. The Labute approximate surface area is 104 Å². The number of hydrogen-bond acceptors (Lipinski definition) is 5. The molecule has 1 aromatic rings. The minimum absolute atomic E-state index is 0.650. The molecule has 1 fully saturated rings. The van der Waals surface area contributed by atoms with E-state index in [2.05, 4.69) is 20.2 Å². The van der Waals surface area contributed by atoms with Gasteiger partial charge in [0.1, 0.15) is 17.5 Å². The highest BCUT2D eigenvalue weighted by Crippen LogP contribution is 2.17. The van der Waals surface area contributed by atoms with Crippen molar-refractivity contribution in [2.24, 2.45) is 0 Å². The van der Waals surface area contributed by atoms with Crippen LogP contribution in [0.3, 0.4) is 0 Å². The van der Waals surface area contributed by atoms with Gasteiger partial charge >= 0.3 is 0 Å². The summed E-state index contributed by atoms with van der Waals surface area (Å²) in [6.45, 7) is 3.68. The largest absolute Gasteiger partial charge is 0.373 e. The molecule has 0 atom stereocenters. The van der Waals surface area contributed by atoms with Gasteiger partial charge in [-0.2, -0.15) is 0 Å². The summed E-state index contributed by atoms with van der Waals surface area (Å²) in [7, 11) is 1.21. The molecule has 1 saturated heterocycles. The van der Waals surface area contributed by atoms with Crippen molar-refractivity contribution in [3.05, 3.63) is 11.9 Å². The van der Waals surface area contributed by atoms with Gasteiger partial charge in [-0.1, -0.05) is 6.92 Å². The molecule has 6 heteroatoms. The predicted octanol–water partition coefficient (Wildman–Crippen LogP) is 0.649. The first-order chi connectivity index (χ1) is 8.22. The molecule has 0 bridgehead atoms. The van der Waals surface area contributed by atoms with Crippen molar-refractivity contribution in [2.75, 3.05) is 41.9 Å². The van der Waals surface area contributed by atoms with E-state index in [0.29, 0.717) is 0 Å². The Hall–Kier alpha value is -1.17. The van der Waals surface area contributed by atoms with Crippen LogP contribution in [0.5, 0.6) is 0 Å². The molecule has 1 N–H and O–H groups in total. The van der Waals surface area contributed by atoms with Crippen LogP contribution in [0, 0.1) is 0 Å². The maximum Gasteiger partial charge on any atom is 0.134 e. The minimum Gasteiger partial charge on any atom is -0.373 e. The maximum atomic E-state index is 11.3. The zero-order valence-electron chi connectivity index (χ0n) is 10.3. The number of hydrogen-bond donors (Lipinski definition) is 1. The second-order valence-electron chi connectivity index (χ2n) is 3.97. The van der Waals surface area contributed by atoms with Crippen molar-refractivity contribution in [1.29, 1.82) is 0 Å². The van der Waals surface area contributed by atoms with Gasteiger partial charge in [0.05, 0.1) is 0 Å². The van der Waals surface area contributed by atoms with Crippen molar-refractivity contribution in [3.63, 3.8) is 0 Å². The number of aryl methyl sites for hydroxylation is 1. The first kappa shape index (κ1) is 12.3. The second kappa shape index (κ2) is 5.44. The Morgan fingerprint density at radius 1 is 1.41 bits per heavy atom. The number of nitrogens with one attached hydrogen (secondary N) is 1. The van der Waals surface area contributed by atoms with Crippen LogP contribution in [0.2, 0.25) is 0 Å². The zero-order chi connectivity index (χ0) is 12.3. The first-order valence-corrected chi connectivity index (χ1v) is 7.37. The molecule has 2 heterocycles. The molecule has 1 aliphatic rings. The average molecular weight is 254 g/mol. The molecule has 0 spiro atoms. The van der Waals surface area contributed by atoms with E-state index >= 15 is 0 Å². The fourth-order valence-corrected chi connectivity index (χ4v) is 2.85. The molecule has 1 aliphatic heterocycles. The Balaban J connectivity index is 2.22. The molecular weight excluding hydrogens is 236 g/mol. The minimum atomic E-state index is -0.650. The maximum absolute atomic E-state index is 11.3. The van der Waals surface area contributed by atoms with E-state index in [1.54, 1.807) is 0 Å². The van der Waals surface area contributed by atoms with Gasteiger partial charge in [-0.15, -0.1) is 0 Å². The quantitative estimate of drug-likeness (QED) is 0.858. The lowest BCUT2D eigenvalue weighted by Gasteiger charge is -2.27. The number of rotatable bonds is 3. The lowest BCUT2D eigenvalue weighted by molar-refractivity contribution is 0.672. The van der Waals surface area contributed by atoms with E-state index in [0.717, 1.165) is 48.5 Å². The molecule has 0 amide bonds. The van der Waals surface area contributed by atoms with Crippen LogP contribution in [0.1, 0.15) is 12.7 Å². The van der Waals surface area contributed by atoms with Gasteiger partial charge in [0.25, 0.3) is 0 Å². The summed E-state index contributed by atoms with van der Waals surface area (Å²) in [6, 6.07) is 1.95. The molecule has 2 rings (SSSR count). The summed E-state index contributed by atoms with van der Waals surface area (Å²) >= 11 is 0. The molecular formula is C11H18N4OS. The molecule has 0 aromatic carbocycles. The van der Waals surface area contributed by atoms with Crippen LogP contribution in [0.4, 0.5) is 11.6 Å². The molecule has 0 radical (unpaired) electrons. The predicted molar refractivity (Wildman–Crippen MR) is 71.0 cm³/mol. The summed E-state index contributed by atoms with van der Waals surface area (Å²) in [4.78, 5) is 11.1. The lowest BCUT2D eigenvalue weighted by atomic mass is 10.4. The Morgan fingerprint density at radius 3 is 2.71 bits per heavy atom. The van der Waals surface area contributed by atoms with Gasteiger partial charge in [0.2, 0.25) is 0 Å². The summed E-state index contributed by atoms with van der Waals surface area (Å²) < 4.78 is 11.3. The van der Waals surface area contributed by atoms with Gasteiger partial charge < -0.3 is 10.2 Å². The average Bonchev–Trinajstić information content (AvgIpc) is 2.39. The van der Waals surface area contributed by atoms with E-state index in [-0.39, 0.29) is 0 Å². The first-order valence-electron chi connectivity index (χ1n) is 5.88. The van der Waals surface area contributed by atoms with E-state index in [1.807, 2.05) is 20.0 Å². The van der Waals surface area contributed by atoms with Gasteiger partial charge in [-0.3, -0.25) is 4.21 Å². The summed E-state index contributed by atoms with van der Waals surface area (Å²) in [5, 5.41) is 3.05. The summed E-state index contributed by atoms with van der Waals surface area (Å²) in [5.41, 5.74) is 0. The fourth-order valence-electron chi connectivity index (χ4n) is 1.80. The molecule has 0 aliphatic carbocycles. The van der Waals surface area contributed by atoms with Gasteiger partial charge in [-0.25, -0.2) is 9.97 Å². The molecule has 1 aromatic heterocycles. The number of nitrogens with zero attached hydrogens (tertiary/aromatic N) is 3. The number of anilines is 2. The van der Waals surface area contributed by atoms with E-state index in [1.165, 1.54) is 0 Å². The monoisotopic (exact) mass is 254 g/mol. The highest BCUT2D eigenvalue weighted by Gasteiger charge is 2.17. The van der Waals surface area contributed by atoms with Crippen molar-refractivity contribution in [1.82, 2.24) is 9.97 Å². The lowest BCUT2D eigenvalue weighted by Crippen LogP contribution is -2.38. The van der Waals surface area contributed by atoms with Crippen LogP contribution in [-0.2, 0) is 17.2 Å². The standard InChI is InChI=1S/C11H18N4OS/c1-3-9-13-10(12-2)8-11(14-9)15-4-6-17(16)7-5-15/h8H,3-7H2,1-2H3,(H,12,13,14). The Kier molecular flexibility index (Phi) is 3.93. The molecule has 94 valence electrons. The third kappa shape index (κ3) is 2.94. The fraction of sp³-hybridized carbons (Fsp3) is 0.636.